The Morgan fingerprint density at radius 3 is 2.53 bits per heavy atom. The van der Waals surface area contributed by atoms with E-state index in [1.165, 1.54) is 25.8 Å². The number of carbonyl (C=O) groups excluding carboxylic acids is 1. The van der Waals surface area contributed by atoms with Gasteiger partial charge in [0.1, 0.15) is 11.2 Å². The molecule has 1 aromatic rings. The van der Waals surface area contributed by atoms with Crippen LogP contribution >= 0.6 is 0 Å². The molecule has 0 aliphatic heterocycles. The highest BCUT2D eigenvalue weighted by Gasteiger charge is 2.36. The van der Waals surface area contributed by atoms with Gasteiger partial charge in [0.15, 0.2) is 0 Å². The number of hydrogen-bond donors (Lipinski definition) is 2. The fraction of sp³-hybridized carbons (Fsp3) is 0.545. The van der Waals surface area contributed by atoms with Crippen LogP contribution in [-0.2, 0) is 11.2 Å². The molecular weight excluding hydrogens is 222 g/mol. The summed E-state index contributed by atoms with van der Waals surface area (Å²) in [5.41, 5.74) is -0.184. The molecule has 1 aromatic heterocycles. The largest absolute Gasteiger partial charge is 0.480 e. The summed E-state index contributed by atoms with van der Waals surface area (Å²) >= 11 is 0. The second-order valence-electron chi connectivity index (χ2n) is 4.36. The lowest BCUT2D eigenvalue weighted by atomic mass is 10.0. The molecule has 0 fully saturated rings. The molecule has 0 atom stereocenters. The lowest BCUT2D eigenvalue weighted by Crippen LogP contribution is -2.50. The highest BCUT2D eigenvalue weighted by Crippen LogP contribution is 2.15. The van der Waals surface area contributed by atoms with Gasteiger partial charge in [-0.2, -0.15) is 5.10 Å². The Labute approximate surface area is 99.6 Å². The third kappa shape index (κ3) is 2.46. The molecule has 1 amide bonds. The van der Waals surface area contributed by atoms with Gasteiger partial charge < -0.3 is 10.0 Å². The summed E-state index contributed by atoms with van der Waals surface area (Å²) in [4.78, 5) is 24.2. The van der Waals surface area contributed by atoms with Crippen molar-refractivity contribution in [3.05, 3.63) is 17.5 Å². The number of nitrogens with one attached hydrogen (secondary N) is 1. The molecule has 2 N–H and O–H groups in total. The van der Waals surface area contributed by atoms with Gasteiger partial charge in [0.2, 0.25) is 0 Å². The minimum Gasteiger partial charge on any atom is -0.480 e. The normalized spacial score (nSPS) is 11.3. The Kier molecular flexibility index (Phi) is 3.55. The monoisotopic (exact) mass is 239 g/mol. The third-order valence-electron chi connectivity index (χ3n) is 2.90. The summed E-state index contributed by atoms with van der Waals surface area (Å²) in [6.45, 7) is 4.88. The number of hydrogen-bond acceptors (Lipinski definition) is 3. The Morgan fingerprint density at radius 1 is 1.53 bits per heavy atom. The summed E-state index contributed by atoms with van der Waals surface area (Å²) < 4.78 is 0. The molecule has 17 heavy (non-hydrogen) atoms. The van der Waals surface area contributed by atoms with Crippen molar-refractivity contribution in [1.82, 2.24) is 15.1 Å². The zero-order valence-corrected chi connectivity index (χ0v) is 10.4. The van der Waals surface area contributed by atoms with Crippen molar-refractivity contribution < 1.29 is 14.7 Å². The second kappa shape index (κ2) is 4.57. The van der Waals surface area contributed by atoms with Crippen LogP contribution in [0.15, 0.2) is 6.07 Å². The Morgan fingerprint density at radius 2 is 2.12 bits per heavy atom. The smallest absolute Gasteiger partial charge is 0.329 e. The van der Waals surface area contributed by atoms with Gasteiger partial charge in [0.05, 0.1) is 0 Å². The van der Waals surface area contributed by atoms with Gasteiger partial charge in [-0.25, -0.2) is 4.79 Å². The van der Waals surface area contributed by atoms with E-state index in [1.54, 1.807) is 6.07 Å². The molecule has 94 valence electrons. The van der Waals surface area contributed by atoms with Crippen LogP contribution in [0.4, 0.5) is 0 Å². The van der Waals surface area contributed by atoms with Gasteiger partial charge in [-0.15, -0.1) is 0 Å². The molecule has 0 saturated heterocycles. The van der Waals surface area contributed by atoms with E-state index in [2.05, 4.69) is 10.2 Å². The maximum absolute atomic E-state index is 12.0. The average Bonchev–Trinajstić information content (AvgIpc) is 2.75. The highest BCUT2D eigenvalue weighted by molar-refractivity contribution is 5.96. The predicted octanol–water partition coefficient (Wildman–Crippen LogP) is 0.907. The zero-order valence-electron chi connectivity index (χ0n) is 10.4. The van der Waals surface area contributed by atoms with E-state index >= 15 is 0 Å². The SMILES string of the molecule is CCc1cc(C(=O)N(C)C(C)(C)C(=O)O)n[nH]1. The van der Waals surface area contributed by atoms with Crippen molar-refractivity contribution in [2.75, 3.05) is 7.05 Å². The first-order valence-electron chi connectivity index (χ1n) is 5.36. The second-order valence-corrected chi connectivity index (χ2v) is 4.36. The quantitative estimate of drug-likeness (QED) is 0.817. The van der Waals surface area contributed by atoms with Crippen molar-refractivity contribution in [2.24, 2.45) is 0 Å². The average molecular weight is 239 g/mol. The molecule has 6 nitrogen and oxygen atoms in total. The lowest BCUT2D eigenvalue weighted by molar-refractivity contribution is -0.147. The molecule has 0 aromatic carbocycles. The highest BCUT2D eigenvalue weighted by atomic mass is 16.4. The van der Waals surface area contributed by atoms with Gasteiger partial charge in [-0.3, -0.25) is 9.89 Å². The first-order valence-corrected chi connectivity index (χ1v) is 5.36. The molecule has 0 aliphatic rings. The van der Waals surface area contributed by atoms with Crippen LogP contribution in [0.25, 0.3) is 0 Å². The number of carboxylic acids is 1. The molecule has 1 rings (SSSR count). The minimum atomic E-state index is -1.26. The number of aryl methyl sites for hydroxylation is 1. The van der Waals surface area contributed by atoms with E-state index < -0.39 is 17.4 Å². The number of amides is 1. The van der Waals surface area contributed by atoms with Crippen molar-refractivity contribution in [3.63, 3.8) is 0 Å². The topological polar surface area (TPSA) is 86.3 Å². The van der Waals surface area contributed by atoms with Crippen LogP contribution in [0.3, 0.4) is 0 Å². The third-order valence-corrected chi connectivity index (χ3v) is 2.90. The minimum absolute atomic E-state index is 0.235. The van der Waals surface area contributed by atoms with Gasteiger partial charge in [-0.1, -0.05) is 6.92 Å². The Bertz CT molecular complexity index is 437. The standard InChI is InChI=1S/C11H17N3O3/c1-5-7-6-8(13-12-7)9(15)14(4)11(2,3)10(16)17/h6H,5H2,1-4H3,(H,12,13)(H,16,17). The van der Waals surface area contributed by atoms with Gasteiger partial charge in [0, 0.05) is 12.7 Å². The number of rotatable bonds is 4. The number of aromatic nitrogens is 2. The van der Waals surface area contributed by atoms with Crippen molar-refractivity contribution in [1.29, 1.82) is 0 Å². The molecule has 0 saturated carbocycles. The fourth-order valence-corrected chi connectivity index (χ4v) is 1.22. The number of carboxylic acid groups (broad SMARTS) is 1. The molecule has 0 bridgehead atoms. The Balaban J connectivity index is 2.94. The van der Waals surface area contributed by atoms with Crippen LogP contribution in [-0.4, -0.2) is 44.7 Å². The molecule has 0 spiro atoms. The van der Waals surface area contributed by atoms with E-state index in [-0.39, 0.29) is 5.69 Å². The lowest BCUT2D eigenvalue weighted by Gasteiger charge is -2.30. The number of H-pyrrole nitrogens is 1. The fourth-order valence-electron chi connectivity index (χ4n) is 1.22. The van der Waals surface area contributed by atoms with Crippen molar-refractivity contribution in [2.45, 2.75) is 32.7 Å². The van der Waals surface area contributed by atoms with Crippen LogP contribution in [0, 0.1) is 0 Å². The molecule has 0 radical (unpaired) electrons. The summed E-state index contributed by atoms with van der Waals surface area (Å²) in [5, 5.41) is 15.6. The van der Waals surface area contributed by atoms with Crippen LogP contribution < -0.4 is 0 Å². The van der Waals surface area contributed by atoms with Crippen molar-refractivity contribution in [3.8, 4) is 0 Å². The van der Waals surface area contributed by atoms with E-state index in [4.69, 9.17) is 5.11 Å². The molecule has 6 heteroatoms. The summed E-state index contributed by atoms with van der Waals surface area (Å²) in [6, 6.07) is 1.64. The van der Waals surface area contributed by atoms with Crippen LogP contribution in [0.1, 0.15) is 37.0 Å². The molecule has 1 heterocycles. The van der Waals surface area contributed by atoms with Crippen molar-refractivity contribution >= 4 is 11.9 Å². The predicted molar refractivity (Wildman–Crippen MR) is 61.8 cm³/mol. The van der Waals surface area contributed by atoms with E-state index in [0.29, 0.717) is 0 Å². The molecule has 0 aliphatic carbocycles. The van der Waals surface area contributed by atoms with E-state index in [1.807, 2.05) is 6.92 Å². The van der Waals surface area contributed by atoms with Crippen LogP contribution in [0.2, 0.25) is 0 Å². The first kappa shape index (κ1) is 13.2. The number of aliphatic carboxylic acids is 1. The maximum Gasteiger partial charge on any atom is 0.329 e. The number of nitrogens with zero attached hydrogens (tertiary/aromatic N) is 2. The number of likely N-dealkylation sites (N-methyl/N-ethyl adjacent to an activating group) is 1. The Hall–Kier alpha value is -1.85. The zero-order chi connectivity index (χ0) is 13.2. The molecule has 0 unspecified atom stereocenters. The summed E-state index contributed by atoms with van der Waals surface area (Å²) in [5.74, 6) is -1.46. The van der Waals surface area contributed by atoms with Gasteiger partial charge in [0.25, 0.3) is 5.91 Å². The first-order chi connectivity index (χ1) is 7.80. The van der Waals surface area contributed by atoms with Gasteiger partial charge >= 0.3 is 5.97 Å². The summed E-state index contributed by atoms with van der Waals surface area (Å²) in [7, 11) is 1.46. The number of carbonyl (C=O) groups is 2. The van der Waals surface area contributed by atoms with Gasteiger partial charge in [-0.05, 0) is 26.3 Å². The van der Waals surface area contributed by atoms with Crippen LogP contribution in [0.5, 0.6) is 0 Å². The summed E-state index contributed by atoms with van der Waals surface area (Å²) in [6.07, 6.45) is 0.742. The van der Waals surface area contributed by atoms with E-state index in [0.717, 1.165) is 12.1 Å². The number of aromatic amines is 1. The van der Waals surface area contributed by atoms with E-state index in [9.17, 15) is 9.59 Å². The maximum atomic E-state index is 12.0. The molecular formula is C11H17N3O3.